The third-order valence-corrected chi connectivity index (χ3v) is 3.84. The summed E-state index contributed by atoms with van der Waals surface area (Å²) in [6.07, 6.45) is 4.43. The molecule has 0 atom stereocenters. The fourth-order valence-electron chi connectivity index (χ4n) is 2.84. The second-order valence-corrected chi connectivity index (χ2v) is 5.17. The molecule has 0 saturated heterocycles. The van der Waals surface area contributed by atoms with Crippen LogP contribution in [0, 0.1) is 11.2 Å². The highest BCUT2D eigenvalue weighted by Gasteiger charge is 2.34. The molecule has 1 aliphatic rings. The summed E-state index contributed by atoms with van der Waals surface area (Å²) in [5.41, 5.74) is 0.587. The fraction of sp³-hybridized carbons (Fsp3) is 0.571. The van der Waals surface area contributed by atoms with Gasteiger partial charge in [-0.25, -0.2) is 4.39 Å². The molecule has 0 aliphatic heterocycles. The van der Waals surface area contributed by atoms with Crippen LogP contribution in [-0.4, -0.2) is 25.3 Å². The van der Waals surface area contributed by atoms with E-state index in [9.17, 15) is 9.50 Å². The molecule has 0 aromatic heterocycles. The van der Waals surface area contributed by atoms with Crippen molar-refractivity contribution in [3.05, 3.63) is 30.1 Å². The van der Waals surface area contributed by atoms with Crippen LogP contribution in [-0.2, 0) is 0 Å². The second-order valence-electron chi connectivity index (χ2n) is 5.17. The lowest BCUT2D eigenvalue weighted by molar-refractivity contribution is 0.137. The number of halogens is 1. The van der Waals surface area contributed by atoms with Crippen molar-refractivity contribution in [2.24, 2.45) is 5.41 Å². The number of aliphatic hydroxyl groups is 1. The molecule has 1 aromatic rings. The lowest BCUT2D eigenvalue weighted by atomic mass is 9.86. The Hall–Kier alpha value is -1.09. The average molecular weight is 237 g/mol. The monoisotopic (exact) mass is 237 g/mol. The van der Waals surface area contributed by atoms with Crippen LogP contribution in [0.15, 0.2) is 24.3 Å². The summed E-state index contributed by atoms with van der Waals surface area (Å²) in [5.74, 6) is -0.193. The van der Waals surface area contributed by atoms with Gasteiger partial charge in [-0.05, 0) is 25.0 Å². The first kappa shape index (κ1) is 12.4. The molecule has 1 aromatic carbocycles. The number of hydrogen-bond acceptors (Lipinski definition) is 2. The number of para-hydroxylation sites is 1. The molecule has 0 radical (unpaired) electrons. The minimum atomic E-state index is -0.193. The standard InChI is InChI=1S/C14H20FNO/c1-16(13-7-3-2-6-12(13)15)10-14(11-17)8-4-5-9-14/h2-3,6-7,17H,4-5,8-11H2,1H3. The van der Waals surface area contributed by atoms with E-state index in [1.54, 1.807) is 12.1 Å². The van der Waals surface area contributed by atoms with E-state index < -0.39 is 0 Å². The average Bonchev–Trinajstić information content (AvgIpc) is 2.79. The number of hydrogen-bond donors (Lipinski definition) is 1. The van der Waals surface area contributed by atoms with E-state index >= 15 is 0 Å². The zero-order valence-corrected chi connectivity index (χ0v) is 10.3. The molecular weight excluding hydrogens is 217 g/mol. The van der Waals surface area contributed by atoms with Gasteiger partial charge in [0.15, 0.2) is 0 Å². The van der Waals surface area contributed by atoms with Gasteiger partial charge >= 0.3 is 0 Å². The van der Waals surface area contributed by atoms with Crippen LogP contribution < -0.4 is 4.90 Å². The number of rotatable bonds is 4. The molecule has 17 heavy (non-hydrogen) atoms. The first-order chi connectivity index (χ1) is 8.17. The third-order valence-electron chi connectivity index (χ3n) is 3.84. The number of nitrogens with zero attached hydrogens (tertiary/aromatic N) is 1. The maximum atomic E-state index is 13.6. The topological polar surface area (TPSA) is 23.5 Å². The first-order valence-electron chi connectivity index (χ1n) is 6.23. The van der Waals surface area contributed by atoms with E-state index in [1.165, 1.54) is 18.9 Å². The third kappa shape index (κ3) is 2.60. The van der Waals surface area contributed by atoms with Gasteiger partial charge in [0.05, 0.1) is 12.3 Å². The predicted octanol–water partition coefficient (Wildman–Crippen LogP) is 2.81. The zero-order valence-electron chi connectivity index (χ0n) is 10.3. The van der Waals surface area contributed by atoms with Gasteiger partial charge in [-0.2, -0.15) is 0 Å². The summed E-state index contributed by atoms with van der Waals surface area (Å²) in [4.78, 5) is 1.93. The first-order valence-corrected chi connectivity index (χ1v) is 6.23. The quantitative estimate of drug-likeness (QED) is 0.870. The SMILES string of the molecule is CN(CC1(CO)CCCC1)c1ccccc1F. The molecular formula is C14H20FNO. The van der Waals surface area contributed by atoms with E-state index in [0.29, 0.717) is 5.69 Å². The van der Waals surface area contributed by atoms with Crippen LogP contribution in [0.25, 0.3) is 0 Å². The molecule has 0 amide bonds. The molecule has 1 aliphatic carbocycles. The largest absolute Gasteiger partial charge is 0.396 e. The van der Waals surface area contributed by atoms with E-state index in [0.717, 1.165) is 19.4 Å². The summed E-state index contributed by atoms with van der Waals surface area (Å²) >= 11 is 0. The number of anilines is 1. The summed E-state index contributed by atoms with van der Waals surface area (Å²) in [6, 6.07) is 6.81. The lowest BCUT2D eigenvalue weighted by Gasteiger charge is -2.33. The molecule has 0 spiro atoms. The van der Waals surface area contributed by atoms with Gasteiger partial charge in [0.25, 0.3) is 0 Å². The Morgan fingerprint density at radius 3 is 2.53 bits per heavy atom. The van der Waals surface area contributed by atoms with Crippen LogP contribution in [0.4, 0.5) is 10.1 Å². The van der Waals surface area contributed by atoms with E-state index in [-0.39, 0.29) is 17.8 Å². The van der Waals surface area contributed by atoms with Crippen molar-refractivity contribution in [2.45, 2.75) is 25.7 Å². The van der Waals surface area contributed by atoms with Crippen molar-refractivity contribution in [3.8, 4) is 0 Å². The Balaban J connectivity index is 2.11. The summed E-state index contributed by atoms with van der Waals surface area (Å²) in [5, 5.41) is 9.56. The summed E-state index contributed by atoms with van der Waals surface area (Å²) in [7, 11) is 1.90. The molecule has 2 nitrogen and oxygen atoms in total. The van der Waals surface area contributed by atoms with Crippen LogP contribution in [0.5, 0.6) is 0 Å². The number of benzene rings is 1. The smallest absolute Gasteiger partial charge is 0.146 e. The Kier molecular flexibility index (Phi) is 3.67. The zero-order chi connectivity index (χ0) is 12.3. The molecule has 3 heteroatoms. The van der Waals surface area contributed by atoms with Gasteiger partial charge in [0.2, 0.25) is 0 Å². The van der Waals surface area contributed by atoms with E-state index in [2.05, 4.69) is 0 Å². The molecule has 1 N–H and O–H groups in total. The van der Waals surface area contributed by atoms with Gasteiger partial charge in [0.1, 0.15) is 5.82 Å². The molecule has 0 heterocycles. The van der Waals surface area contributed by atoms with Crippen molar-refractivity contribution < 1.29 is 9.50 Å². The summed E-state index contributed by atoms with van der Waals surface area (Å²) in [6.45, 7) is 0.927. The Morgan fingerprint density at radius 1 is 1.29 bits per heavy atom. The van der Waals surface area contributed by atoms with Gasteiger partial charge in [-0.3, -0.25) is 0 Å². The van der Waals surface area contributed by atoms with E-state index in [4.69, 9.17) is 0 Å². The van der Waals surface area contributed by atoms with Crippen molar-refractivity contribution in [1.29, 1.82) is 0 Å². The summed E-state index contributed by atoms with van der Waals surface area (Å²) < 4.78 is 13.6. The number of aliphatic hydroxyl groups excluding tert-OH is 1. The van der Waals surface area contributed by atoms with Gasteiger partial charge < -0.3 is 10.0 Å². The Labute approximate surface area is 102 Å². The highest BCUT2D eigenvalue weighted by molar-refractivity contribution is 5.47. The molecule has 1 fully saturated rings. The molecule has 1 saturated carbocycles. The Bertz CT molecular complexity index is 374. The second kappa shape index (κ2) is 5.05. The van der Waals surface area contributed by atoms with Crippen molar-refractivity contribution >= 4 is 5.69 Å². The van der Waals surface area contributed by atoms with Crippen LogP contribution in [0.3, 0.4) is 0 Å². The highest BCUT2D eigenvalue weighted by Crippen LogP contribution is 2.39. The van der Waals surface area contributed by atoms with Gasteiger partial charge in [0, 0.05) is 19.0 Å². The van der Waals surface area contributed by atoms with Crippen molar-refractivity contribution in [1.82, 2.24) is 0 Å². The van der Waals surface area contributed by atoms with Crippen LogP contribution >= 0.6 is 0 Å². The molecule has 0 unspecified atom stereocenters. The highest BCUT2D eigenvalue weighted by atomic mass is 19.1. The molecule has 0 bridgehead atoms. The minimum absolute atomic E-state index is 0.0307. The van der Waals surface area contributed by atoms with Gasteiger partial charge in [-0.15, -0.1) is 0 Å². The fourth-order valence-corrected chi connectivity index (χ4v) is 2.84. The van der Waals surface area contributed by atoms with E-state index in [1.807, 2.05) is 18.0 Å². The normalized spacial score (nSPS) is 18.3. The Morgan fingerprint density at radius 2 is 1.94 bits per heavy atom. The van der Waals surface area contributed by atoms with Crippen molar-refractivity contribution in [3.63, 3.8) is 0 Å². The molecule has 2 rings (SSSR count). The lowest BCUT2D eigenvalue weighted by Crippen LogP contribution is -2.36. The van der Waals surface area contributed by atoms with Crippen molar-refractivity contribution in [2.75, 3.05) is 25.1 Å². The van der Waals surface area contributed by atoms with Crippen LogP contribution in [0.1, 0.15) is 25.7 Å². The molecule has 94 valence electrons. The predicted molar refractivity (Wildman–Crippen MR) is 67.7 cm³/mol. The maximum absolute atomic E-state index is 13.6. The minimum Gasteiger partial charge on any atom is -0.396 e. The van der Waals surface area contributed by atoms with Crippen LogP contribution in [0.2, 0.25) is 0 Å². The maximum Gasteiger partial charge on any atom is 0.146 e. The van der Waals surface area contributed by atoms with Gasteiger partial charge in [-0.1, -0.05) is 25.0 Å².